The number of aliphatic hydroxyl groups excluding tert-OH is 2. The molecule has 2 atom stereocenters. The first-order valence-corrected chi connectivity index (χ1v) is 7.11. The molecular weight excluding hydrogens is 254 g/mol. The Morgan fingerprint density at radius 3 is 2.11 bits per heavy atom. The summed E-state index contributed by atoms with van der Waals surface area (Å²) in [6.45, 7) is 3.01. The van der Waals surface area contributed by atoms with E-state index in [2.05, 4.69) is 0 Å². The minimum Gasteiger partial charge on any atom is -0.395 e. The molecule has 0 aliphatic rings. The standard InChI is InChI=1S/C12H19NO4S/c1-9(8-14)13(3)18(16,17)12-6-4-11(5-7-12)10(2)15/h4-7,9-10,14-15H,8H2,1-3H3. The fourth-order valence-electron chi connectivity index (χ4n) is 1.44. The Bertz CT molecular complexity index is 481. The highest BCUT2D eigenvalue weighted by atomic mass is 32.2. The van der Waals surface area contributed by atoms with Crippen LogP contribution in [0.2, 0.25) is 0 Å². The number of sulfonamides is 1. The van der Waals surface area contributed by atoms with Crippen molar-refractivity contribution in [3.05, 3.63) is 29.8 Å². The van der Waals surface area contributed by atoms with E-state index in [0.29, 0.717) is 5.56 Å². The highest BCUT2D eigenvalue weighted by Crippen LogP contribution is 2.19. The summed E-state index contributed by atoms with van der Waals surface area (Å²) in [6.07, 6.45) is -0.629. The molecule has 18 heavy (non-hydrogen) atoms. The lowest BCUT2D eigenvalue weighted by Gasteiger charge is -2.22. The van der Waals surface area contributed by atoms with E-state index in [1.54, 1.807) is 26.0 Å². The molecule has 1 rings (SSSR count). The van der Waals surface area contributed by atoms with Gasteiger partial charge in [0.2, 0.25) is 10.0 Å². The molecular formula is C12H19NO4S. The van der Waals surface area contributed by atoms with Crippen LogP contribution in [-0.2, 0) is 10.0 Å². The lowest BCUT2D eigenvalue weighted by Crippen LogP contribution is -2.37. The van der Waals surface area contributed by atoms with Crippen LogP contribution in [0.1, 0.15) is 25.5 Å². The summed E-state index contributed by atoms with van der Waals surface area (Å²) in [5.41, 5.74) is 0.659. The lowest BCUT2D eigenvalue weighted by atomic mass is 10.1. The molecule has 0 bridgehead atoms. The Labute approximate surface area is 108 Å². The second kappa shape index (κ2) is 5.79. The molecule has 0 radical (unpaired) electrons. The van der Waals surface area contributed by atoms with E-state index in [9.17, 15) is 13.5 Å². The number of rotatable bonds is 5. The zero-order valence-electron chi connectivity index (χ0n) is 10.7. The first kappa shape index (κ1) is 15.1. The van der Waals surface area contributed by atoms with Crippen molar-refractivity contribution in [2.45, 2.75) is 30.9 Å². The maximum atomic E-state index is 12.2. The number of benzene rings is 1. The van der Waals surface area contributed by atoms with Gasteiger partial charge in [-0.3, -0.25) is 0 Å². The van der Waals surface area contributed by atoms with E-state index >= 15 is 0 Å². The summed E-state index contributed by atoms with van der Waals surface area (Å²) in [6, 6.07) is 5.59. The normalized spacial score (nSPS) is 15.7. The van der Waals surface area contributed by atoms with Crippen LogP contribution < -0.4 is 0 Å². The van der Waals surface area contributed by atoms with E-state index in [0.717, 1.165) is 4.31 Å². The van der Waals surface area contributed by atoms with E-state index in [1.807, 2.05) is 0 Å². The number of aliphatic hydroxyl groups is 2. The summed E-state index contributed by atoms with van der Waals surface area (Å²) in [4.78, 5) is 0.148. The summed E-state index contributed by atoms with van der Waals surface area (Å²) in [5.74, 6) is 0. The van der Waals surface area contributed by atoms with Gasteiger partial charge in [-0.15, -0.1) is 0 Å². The highest BCUT2D eigenvalue weighted by Gasteiger charge is 2.24. The van der Waals surface area contributed by atoms with Crippen molar-refractivity contribution in [2.24, 2.45) is 0 Å². The quantitative estimate of drug-likeness (QED) is 0.829. The van der Waals surface area contributed by atoms with Gasteiger partial charge in [0, 0.05) is 13.1 Å². The minimum absolute atomic E-state index is 0.148. The van der Waals surface area contributed by atoms with E-state index < -0.39 is 22.2 Å². The number of hydrogen-bond acceptors (Lipinski definition) is 4. The van der Waals surface area contributed by atoms with Crippen molar-refractivity contribution < 1.29 is 18.6 Å². The van der Waals surface area contributed by atoms with Gasteiger partial charge in [-0.1, -0.05) is 12.1 Å². The fraction of sp³-hybridized carbons (Fsp3) is 0.500. The van der Waals surface area contributed by atoms with Crippen LogP contribution in [0.15, 0.2) is 29.2 Å². The molecule has 5 nitrogen and oxygen atoms in total. The smallest absolute Gasteiger partial charge is 0.243 e. The van der Waals surface area contributed by atoms with Crippen LogP contribution in [-0.4, -0.2) is 42.6 Å². The van der Waals surface area contributed by atoms with Gasteiger partial charge >= 0.3 is 0 Å². The summed E-state index contributed by atoms with van der Waals surface area (Å²) >= 11 is 0. The van der Waals surface area contributed by atoms with Gasteiger partial charge in [0.1, 0.15) is 0 Å². The fourth-order valence-corrected chi connectivity index (χ4v) is 2.79. The average molecular weight is 273 g/mol. The van der Waals surface area contributed by atoms with Gasteiger partial charge in [0.05, 0.1) is 17.6 Å². The van der Waals surface area contributed by atoms with Crippen molar-refractivity contribution in [1.29, 1.82) is 0 Å². The van der Waals surface area contributed by atoms with Gasteiger partial charge in [-0.2, -0.15) is 4.31 Å². The summed E-state index contributed by atoms with van der Waals surface area (Å²) < 4.78 is 25.5. The summed E-state index contributed by atoms with van der Waals surface area (Å²) in [5, 5.41) is 18.4. The van der Waals surface area contributed by atoms with Gasteiger partial charge < -0.3 is 10.2 Å². The molecule has 1 aromatic carbocycles. The second-order valence-corrected chi connectivity index (χ2v) is 6.30. The molecule has 0 aliphatic carbocycles. The first-order valence-electron chi connectivity index (χ1n) is 5.67. The van der Waals surface area contributed by atoms with Crippen LogP contribution in [0, 0.1) is 0 Å². The maximum absolute atomic E-state index is 12.2. The van der Waals surface area contributed by atoms with Crippen LogP contribution in [0.4, 0.5) is 0 Å². The third-order valence-electron chi connectivity index (χ3n) is 2.92. The van der Waals surface area contributed by atoms with Gasteiger partial charge in [-0.05, 0) is 31.5 Å². The zero-order chi connectivity index (χ0) is 13.9. The van der Waals surface area contributed by atoms with E-state index in [-0.39, 0.29) is 11.5 Å². The molecule has 102 valence electrons. The van der Waals surface area contributed by atoms with Crippen molar-refractivity contribution >= 4 is 10.0 Å². The monoisotopic (exact) mass is 273 g/mol. The molecule has 0 aromatic heterocycles. The molecule has 2 N–H and O–H groups in total. The van der Waals surface area contributed by atoms with Gasteiger partial charge in [0.25, 0.3) is 0 Å². The van der Waals surface area contributed by atoms with Crippen LogP contribution >= 0.6 is 0 Å². The first-order chi connectivity index (χ1) is 8.30. The molecule has 0 aliphatic heterocycles. The van der Waals surface area contributed by atoms with Crippen molar-refractivity contribution in [1.82, 2.24) is 4.31 Å². The lowest BCUT2D eigenvalue weighted by molar-refractivity contribution is 0.199. The van der Waals surface area contributed by atoms with E-state index in [1.165, 1.54) is 19.2 Å². The topological polar surface area (TPSA) is 77.8 Å². The second-order valence-electron chi connectivity index (χ2n) is 4.30. The van der Waals surface area contributed by atoms with Gasteiger partial charge in [0.15, 0.2) is 0 Å². The van der Waals surface area contributed by atoms with Crippen LogP contribution in [0.3, 0.4) is 0 Å². The zero-order valence-corrected chi connectivity index (χ0v) is 11.6. The van der Waals surface area contributed by atoms with Crippen molar-refractivity contribution in [3.8, 4) is 0 Å². The molecule has 2 unspecified atom stereocenters. The maximum Gasteiger partial charge on any atom is 0.243 e. The number of likely N-dealkylation sites (N-methyl/N-ethyl adjacent to an activating group) is 1. The molecule has 1 aromatic rings. The largest absolute Gasteiger partial charge is 0.395 e. The van der Waals surface area contributed by atoms with Crippen molar-refractivity contribution in [2.75, 3.05) is 13.7 Å². The molecule has 0 spiro atoms. The Morgan fingerprint density at radius 2 is 1.72 bits per heavy atom. The van der Waals surface area contributed by atoms with Gasteiger partial charge in [-0.25, -0.2) is 8.42 Å². The number of nitrogens with zero attached hydrogens (tertiary/aromatic N) is 1. The molecule has 0 amide bonds. The third kappa shape index (κ3) is 3.08. The molecule has 0 saturated carbocycles. The highest BCUT2D eigenvalue weighted by molar-refractivity contribution is 7.89. The molecule has 0 saturated heterocycles. The Balaban J connectivity index is 3.06. The molecule has 6 heteroatoms. The summed E-state index contributed by atoms with van der Waals surface area (Å²) in [7, 11) is -2.17. The predicted octanol–water partition coefficient (Wildman–Crippen LogP) is 0.741. The van der Waals surface area contributed by atoms with Crippen molar-refractivity contribution in [3.63, 3.8) is 0 Å². The number of hydrogen-bond donors (Lipinski definition) is 2. The Morgan fingerprint density at radius 1 is 1.22 bits per heavy atom. The van der Waals surface area contributed by atoms with Crippen LogP contribution in [0.25, 0.3) is 0 Å². The average Bonchev–Trinajstić information content (AvgIpc) is 2.36. The molecule has 0 heterocycles. The Hall–Kier alpha value is -0.950. The minimum atomic E-state index is -3.60. The predicted molar refractivity (Wildman–Crippen MR) is 68.6 cm³/mol. The SMILES string of the molecule is CC(O)c1ccc(S(=O)(=O)N(C)C(C)CO)cc1. The third-order valence-corrected chi connectivity index (χ3v) is 4.91. The van der Waals surface area contributed by atoms with Crippen LogP contribution in [0.5, 0.6) is 0 Å². The Kier molecular flexibility index (Phi) is 4.86. The molecule has 0 fully saturated rings. The van der Waals surface area contributed by atoms with E-state index in [4.69, 9.17) is 5.11 Å².